The Balaban J connectivity index is 1.77. The fourth-order valence-electron chi connectivity index (χ4n) is 4.04. The lowest BCUT2D eigenvalue weighted by molar-refractivity contribution is -0.118. The summed E-state index contributed by atoms with van der Waals surface area (Å²) in [6.07, 6.45) is 7.12. The van der Waals surface area contributed by atoms with Crippen molar-refractivity contribution in [2.45, 2.75) is 65.5 Å². The van der Waals surface area contributed by atoms with E-state index in [0.717, 1.165) is 11.1 Å². The SMILES string of the molecule is C/C(=C\c1cc(C)c(-c2ccc(NC3CCCC3)cc2)cc1C)C(=O)N[C@@H](C)CO. The Kier molecular flexibility index (Phi) is 7.33. The van der Waals surface area contributed by atoms with E-state index in [1.165, 1.54) is 48.1 Å². The lowest BCUT2D eigenvalue weighted by Gasteiger charge is -2.15. The first-order chi connectivity index (χ1) is 14.4. The quantitative estimate of drug-likeness (QED) is 0.552. The Labute approximate surface area is 180 Å². The van der Waals surface area contributed by atoms with Gasteiger partial charge < -0.3 is 15.7 Å². The number of anilines is 1. The molecule has 0 saturated heterocycles. The van der Waals surface area contributed by atoms with E-state index in [1.807, 2.05) is 6.08 Å². The molecule has 1 aliphatic rings. The van der Waals surface area contributed by atoms with E-state index in [-0.39, 0.29) is 18.6 Å². The zero-order chi connectivity index (χ0) is 21.7. The zero-order valence-electron chi connectivity index (χ0n) is 18.6. The first kappa shape index (κ1) is 22.1. The highest BCUT2D eigenvalue weighted by Gasteiger charge is 2.14. The van der Waals surface area contributed by atoms with Crippen LogP contribution in [0, 0.1) is 13.8 Å². The van der Waals surface area contributed by atoms with Crippen molar-refractivity contribution in [1.82, 2.24) is 5.32 Å². The number of hydrogen-bond acceptors (Lipinski definition) is 3. The van der Waals surface area contributed by atoms with Gasteiger partial charge in [-0.1, -0.05) is 37.1 Å². The van der Waals surface area contributed by atoms with Gasteiger partial charge in [0.1, 0.15) is 0 Å². The van der Waals surface area contributed by atoms with Crippen molar-refractivity contribution in [3.8, 4) is 11.1 Å². The lowest BCUT2D eigenvalue weighted by Crippen LogP contribution is -2.35. The number of carbonyl (C=O) groups excluding carboxylic acids is 1. The minimum absolute atomic E-state index is 0.0686. The molecular formula is C26H34N2O2. The van der Waals surface area contributed by atoms with E-state index >= 15 is 0 Å². The second-order valence-electron chi connectivity index (χ2n) is 8.61. The molecule has 2 aromatic rings. The highest BCUT2D eigenvalue weighted by Crippen LogP contribution is 2.29. The number of aryl methyl sites for hydroxylation is 2. The predicted octanol–water partition coefficient (Wildman–Crippen LogP) is 5.23. The number of rotatable bonds is 7. The van der Waals surface area contributed by atoms with Crippen LogP contribution >= 0.6 is 0 Å². The van der Waals surface area contributed by atoms with E-state index in [4.69, 9.17) is 5.11 Å². The van der Waals surface area contributed by atoms with Gasteiger partial charge in [-0.25, -0.2) is 0 Å². The van der Waals surface area contributed by atoms with Gasteiger partial charge in [-0.15, -0.1) is 0 Å². The topological polar surface area (TPSA) is 61.4 Å². The van der Waals surface area contributed by atoms with Gasteiger partial charge in [-0.3, -0.25) is 4.79 Å². The first-order valence-electron chi connectivity index (χ1n) is 11.0. The molecule has 1 atom stereocenters. The van der Waals surface area contributed by atoms with Gasteiger partial charge in [0, 0.05) is 23.3 Å². The van der Waals surface area contributed by atoms with Gasteiger partial charge in [-0.2, -0.15) is 0 Å². The molecule has 1 amide bonds. The molecule has 2 aromatic carbocycles. The van der Waals surface area contributed by atoms with Gasteiger partial charge in [-0.05, 0) is 86.6 Å². The van der Waals surface area contributed by atoms with Gasteiger partial charge in [0.05, 0.1) is 6.61 Å². The van der Waals surface area contributed by atoms with E-state index in [1.54, 1.807) is 13.8 Å². The molecule has 1 aliphatic carbocycles. The Morgan fingerprint density at radius 1 is 1.13 bits per heavy atom. The predicted molar refractivity (Wildman–Crippen MR) is 126 cm³/mol. The van der Waals surface area contributed by atoms with Gasteiger partial charge in [0.25, 0.3) is 0 Å². The largest absolute Gasteiger partial charge is 0.394 e. The highest BCUT2D eigenvalue weighted by molar-refractivity contribution is 5.97. The second kappa shape index (κ2) is 9.94. The maximum Gasteiger partial charge on any atom is 0.247 e. The summed E-state index contributed by atoms with van der Waals surface area (Å²) in [4.78, 5) is 12.3. The van der Waals surface area contributed by atoms with Crippen LogP contribution < -0.4 is 10.6 Å². The maximum atomic E-state index is 12.3. The summed E-state index contributed by atoms with van der Waals surface area (Å²) in [6.45, 7) is 7.70. The monoisotopic (exact) mass is 406 g/mol. The molecule has 3 N–H and O–H groups in total. The van der Waals surface area contributed by atoms with Crippen LogP contribution in [0.25, 0.3) is 17.2 Å². The minimum atomic E-state index is -0.253. The Bertz CT molecular complexity index is 909. The van der Waals surface area contributed by atoms with Crippen molar-refractivity contribution >= 4 is 17.7 Å². The van der Waals surface area contributed by atoms with Crippen molar-refractivity contribution in [3.63, 3.8) is 0 Å². The summed E-state index contributed by atoms with van der Waals surface area (Å²) in [5.41, 5.74) is 7.60. The van der Waals surface area contributed by atoms with Crippen molar-refractivity contribution in [1.29, 1.82) is 0 Å². The third kappa shape index (κ3) is 5.51. The summed E-state index contributed by atoms with van der Waals surface area (Å²) >= 11 is 0. The number of aliphatic hydroxyl groups is 1. The number of nitrogens with one attached hydrogen (secondary N) is 2. The maximum absolute atomic E-state index is 12.3. The van der Waals surface area contributed by atoms with E-state index in [9.17, 15) is 4.79 Å². The molecule has 0 spiro atoms. The summed E-state index contributed by atoms with van der Waals surface area (Å²) in [5, 5.41) is 15.6. The van der Waals surface area contributed by atoms with Crippen molar-refractivity contribution < 1.29 is 9.90 Å². The van der Waals surface area contributed by atoms with E-state index in [2.05, 4.69) is 60.9 Å². The molecule has 0 bridgehead atoms. The first-order valence-corrected chi connectivity index (χ1v) is 11.0. The average Bonchev–Trinajstić information content (AvgIpc) is 3.24. The zero-order valence-corrected chi connectivity index (χ0v) is 18.6. The van der Waals surface area contributed by atoms with Crippen molar-refractivity contribution in [3.05, 3.63) is 58.7 Å². The molecule has 0 aromatic heterocycles. The molecule has 0 aliphatic heterocycles. The summed E-state index contributed by atoms with van der Waals surface area (Å²) in [5.74, 6) is -0.150. The summed E-state index contributed by atoms with van der Waals surface area (Å²) in [7, 11) is 0. The molecule has 160 valence electrons. The number of benzene rings is 2. The lowest BCUT2D eigenvalue weighted by atomic mass is 9.94. The number of aliphatic hydroxyl groups excluding tert-OH is 1. The Hall–Kier alpha value is -2.59. The normalized spacial score (nSPS) is 15.8. The number of amides is 1. The van der Waals surface area contributed by atoms with Gasteiger partial charge in [0.15, 0.2) is 0 Å². The van der Waals surface area contributed by atoms with Crippen LogP contribution in [-0.2, 0) is 4.79 Å². The molecule has 0 unspecified atom stereocenters. The van der Waals surface area contributed by atoms with Crippen LogP contribution in [0.1, 0.15) is 56.2 Å². The Morgan fingerprint density at radius 2 is 1.80 bits per heavy atom. The van der Waals surface area contributed by atoms with Crippen LogP contribution in [0.15, 0.2) is 42.0 Å². The molecule has 0 radical (unpaired) electrons. The summed E-state index contributed by atoms with van der Waals surface area (Å²) in [6, 6.07) is 13.4. The summed E-state index contributed by atoms with van der Waals surface area (Å²) < 4.78 is 0. The van der Waals surface area contributed by atoms with Crippen LogP contribution in [0.4, 0.5) is 5.69 Å². The molecule has 30 heavy (non-hydrogen) atoms. The smallest absolute Gasteiger partial charge is 0.247 e. The standard InChI is InChI=1S/C26H34N2O2/c1-17-15-25(21-9-11-24(12-10-21)28-23-7-5-6-8-23)18(2)13-22(17)14-19(3)26(30)27-20(4)16-29/h9-15,20,23,28-29H,5-8,16H2,1-4H3,(H,27,30)/b19-14+/t20-/m0/s1. The molecule has 4 nitrogen and oxygen atoms in total. The molecular weight excluding hydrogens is 372 g/mol. The van der Waals surface area contributed by atoms with Crippen LogP contribution in [-0.4, -0.2) is 29.7 Å². The molecule has 1 saturated carbocycles. The van der Waals surface area contributed by atoms with Crippen LogP contribution in [0.5, 0.6) is 0 Å². The number of carbonyl (C=O) groups is 1. The average molecular weight is 407 g/mol. The molecule has 0 heterocycles. The van der Waals surface area contributed by atoms with Crippen molar-refractivity contribution in [2.24, 2.45) is 0 Å². The van der Waals surface area contributed by atoms with Gasteiger partial charge >= 0.3 is 0 Å². The van der Waals surface area contributed by atoms with E-state index < -0.39 is 0 Å². The highest BCUT2D eigenvalue weighted by atomic mass is 16.3. The fourth-order valence-corrected chi connectivity index (χ4v) is 4.04. The third-order valence-electron chi connectivity index (χ3n) is 5.92. The van der Waals surface area contributed by atoms with Crippen LogP contribution in [0.2, 0.25) is 0 Å². The van der Waals surface area contributed by atoms with Crippen molar-refractivity contribution in [2.75, 3.05) is 11.9 Å². The number of hydrogen-bond donors (Lipinski definition) is 3. The molecule has 1 fully saturated rings. The molecule has 3 rings (SSSR count). The third-order valence-corrected chi connectivity index (χ3v) is 5.92. The Morgan fingerprint density at radius 3 is 2.43 bits per heavy atom. The molecule has 4 heteroatoms. The minimum Gasteiger partial charge on any atom is -0.394 e. The second-order valence-corrected chi connectivity index (χ2v) is 8.61. The van der Waals surface area contributed by atoms with Crippen LogP contribution in [0.3, 0.4) is 0 Å². The van der Waals surface area contributed by atoms with E-state index in [0.29, 0.717) is 11.6 Å². The fraction of sp³-hybridized carbons (Fsp3) is 0.423. The van der Waals surface area contributed by atoms with Gasteiger partial charge in [0.2, 0.25) is 5.91 Å².